The number of aromatic nitrogens is 6. The third kappa shape index (κ3) is 3.49. The molecule has 1 aliphatic heterocycles. The lowest BCUT2D eigenvalue weighted by atomic mass is 10.3. The van der Waals surface area contributed by atoms with Crippen molar-refractivity contribution in [3.05, 3.63) is 18.0 Å². The molecular weight excluding hydrogens is 348 g/mol. The molecule has 24 heavy (non-hydrogen) atoms. The van der Waals surface area contributed by atoms with E-state index in [-0.39, 0.29) is 17.5 Å². The van der Waals surface area contributed by atoms with Crippen molar-refractivity contribution in [1.29, 1.82) is 0 Å². The molecule has 0 aromatic carbocycles. The third-order valence-corrected chi connectivity index (χ3v) is 7.25. The molecule has 1 atom stereocenters. The summed E-state index contributed by atoms with van der Waals surface area (Å²) in [6.07, 6.45) is 5.67. The maximum Gasteiger partial charge on any atom is 0.191 e. The Morgan fingerprint density at radius 2 is 2.17 bits per heavy atom. The molecule has 8 nitrogen and oxygen atoms in total. The number of sulfone groups is 1. The van der Waals surface area contributed by atoms with Gasteiger partial charge in [0.15, 0.2) is 20.8 Å². The first-order valence-electron chi connectivity index (χ1n) is 8.12. The molecule has 10 heteroatoms. The largest absolute Gasteiger partial charge is 0.312 e. The van der Waals surface area contributed by atoms with Crippen LogP contribution in [-0.4, -0.2) is 49.5 Å². The fourth-order valence-corrected chi connectivity index (χ4v) is 5.47. The minimum Gasteiger partial charge on any atom is -0.312 e. The average molecular weight is 368 g/mol. The van der Waals surface area contributed by atoms with Gasteiger partial charge in [-0.25, -0.2) is 18.1 Å². The molecule has 1 aliphatic carbocycles. The van der Waals surface area contributed by atoms with E-state index < -0.39 is 9.84 Å². The van der Waals surface area contributed by atoms with Crippen molar-refractivity contribution in [2.45, 2.75) is 42.6 Å². The average Bonchev–Trinajstić information content (AvgIpc) is 2.92. The summed E-state index contributed by atoms with van der Waals surface area (Å²) in [5.41, 5.74) is 0. The number of hydrogen-bond donors (Lipinski definition) is 0. The van der Waals surface area contributed by atoms with E-state index in [9.17, 15) is 8.42 Å². The Bertz CT molecular complexity index is 839. The number of rotatable bonds is 6. The Morgan fingerprint density at radius 3 is 2.79 bits per heavy atom. The lowest BCUT2D eigenvalue weighted by molar-refractivity contribution is 0.480. The zero-order valence-corrected chi connectivity index (χ0v) is 15.1. The predicted molar refractivity (Wildman–Crippen MR) is 89.3 cm³/mol. The van der Waals surface area contributed by atoms with Crippen LogP contribution in [-0.2, 0) is 29.1 Å². The fourth-order valence-electron chi connectivity index (χ4n) is 2.96. The summed E-state index contributed by atoms with van der Waals surface area (Å²) in [4.78, 5) is 4.69. The number of aryl methyl sites for hydroxylation is 1. The van der Waals surface area contributed by atoms with Gasteiger partial charge in [0, 0.05) is 13.5 Å². The van der Waals surface area contributed by atoms with Gasteiger partial charge in [-0.05, 0) is 25.2 Å². The second kappa shape index (κ2) is 6.14. The van der Waals surface area contributed by atoms with E-state index in [4.69, 9.17) is 4.98 Å². The van der Waals surface area contributed by atoms with E-state index in [0.29, 0.717) is 18.1 Å². The van der Waals surface area contributed by atoms with Crippen molar-refractivity contribution in [3.63, 3.8) is 0 Å². The van der Waals surface area contributed by atoms with Gasteiger partial charge in [0.1, 0.15) is 12.2 Å². The fraction of sp³-hybridized carbons (Fsp3) is 0.714. The molecule has 2 aromatic heterocycles. The lowest BCUT2D eigenvalue weighted by Gasteiger charge is -2.11. The molecule has 1 unspecified atom stereocenters. The highest BCUT2D eigenvalue weighted by Gasteiger charge is 2.32. The molecule has 4 rings (SSSR count). The lowest BCUT2D eigenvalue weighted by Crippen LogP contribution is -2.15. The maximum atomic E-state index is 11.8. The second-order valence-corrected chi connectivity index (χ2v) is 9.78. The molecule has 2 aliphatic rings. The minimum absolute atomic E-state index is 0.0921. The quantitative estimate of drug-likeness (QED) is 0.702. The smallest absolute Gasteiger partial charge is 0.191 e. The first-order chi connectivity index (χ1) is 11.5. The predicted octanol–water partition coefficient (Wildman–Crippen LogP) is 1.01. The van der Waals surface area contributed by atoms with Crippen LogP contribution in [0.25, 0.3) is 0 Å². The molecule has 2 aromatic rings. The van der Waals surface area contributed by atoms with Crippen LogP contribution in [0.3, 0.4) is 0 Å². The van der Waals surface area contributed by atoms with E-state index in [2.05, 4.69) is 15.3 Å². The van der Waals surface area contributed by atoms with Gasteiger partial charge < -0.3 is 4.57 Å². The number of nitrogens with zero attached hydrogens (tertiary/aromatic N) is 6. The highest BCUT2D eigenvalue weighted by Crippen LogP contribution is 2.33. The molecule has 3 heterocycles. The van der Waals surface area contributed by atoms with Gasteiger partial charge in [-0.3, -0.25) is 0 Å². The summed E-state index contributed by atoms with van der Waals surface area (Å²) in [7, 11) is -1.05. The maximum absolute atomic E-state index is 11.8. The molecule has 0 bridgehead atoms. The summed E-state index contributed by atoms with van der Waals surface area (Å²) < 4.78 is 27.4. The SMILES string of the molecule is Cn1cnnc1SCc1nc(CC2CC2)nn1C1CCS(=O)(=O)C1. The van der Waals surface area contributed by atoms with E-state index >= 15 is 0 Å². The van der Waals surface area contributed by atoms with E-state index in [1.54, 1.807) is 18.1 Å². The molecule has 1 saturated heterocycles. The minimum atomic E-state index is -2.95. The van der Waals surface area contributed by atoms with Gasteiger partial charge in [0.05, 0.1) is 23.3 Å². The van der Waals surface area contributed by atoms with Crippen molar-refractivity contribution in [3.8, 4) is 0 Å². The van der Waals surface area contributed by atoms with Crippen LogP contribution in [0.5, 0.6) is 0 Å². The molecule has 130 valence electrons. The van der Waals surface area contributed by atoms with Gasteiger partial charge in [0.2, 0.25) is 0 Å². The van der Waals surface area contributed by atoms with Crippen LogP contribution in [0.1, 0.15) is 37.0 Å². The van der Waals surface area contributed by atoms with Gasteiger partial charge in [0.25, 0.3) is 0 Å². The van der Waals surface area contributed by atoms with Crippen molar-refractivity contribution in [2.75, 3.05) is 11.5 Å². The standard InChI is InChI=1S/C14H20N6O2S2/c1-19-9-15-17-14(19)23-7-13-16-12(6-10-2-3-10)18-20(13)11-4-5-24(21,22)8-11/h9-11H,2-8H2,1H3. The highest BCUT2D eigenvalue weighted by atomic mass is 32.2. The number of hydrogen-bond acceptors (Lipinski definition) is 7. The summed E-state index contributed by atoms with van der Waals surface area (Å²) in [5, 5.41) is 13.4. The highest BCUT2D eigenvalue weighted by molar-refractivity contribution is 7.98. The van der Waals surface area contributed by atoms with Gasteiger partial charge in [-0.15, -0.1) is 10.2 Å². The summed E-state index contributed by atoms with van der Waals surface area (Å²) in [6.45, 7) is 0. The molecule has 1 saturated carbocycles. The van der Waals surface area contributed by atoms with Crippen LogP contribution < -0.4 is 0 Å². The van der Waals surface area contributed by atoms with Gasteiger partial charge >= 0.3 is 0 Å². The van der Waals surface area contributed by atoms with Gasteiger partial charge in [-0.1, -0.05) is 11.8 Å². The van der Waals surface area contributed by atoms with Crippen LogP contribution in [0.15, 0.2) is 11.5 Å². The monoisotopic (exact) mass is 368 g/mol. The topological polar surface area (TPSA) is 95.6 Å². The second-order valence-electron chi connectivity index (χ2n) is 6.61. The molecule has 0 radical (unpaired) electrons. The summed E-state index contributed by atoms with van der Waals surface area (Å²) in [5.74, 6) is 3.40. The van der Waals surface area contributed by atoms with E-state index in [0.717, 1.165) is 23.2 Å². The first kappa shape index (κ1) is 16.1. The van der Waals surface area contributed by atoms with Crippen LogP contribution in [0, 0.1) is 5.92 Å². The first-order valence-corrected chi connectivity index (χ1v) is 10.9. The Balaban J connectivity index is 1.56. The van der Waals surface area contributed by atoms with Gasteiger partial charge in [-0.2, -0.15) is 5.10 Å². The molecular formula is C14H20N6O2S2. The van der Waals surface area contributed by atoms with Crippen LogP contribution >= 0.6 is 11.8 Å². The van der Waals surface area contributed by atoms with Crippen molar-refractivity contribution in [2.24, 2.45) is 13.0 Å². The zero-order chi connectivity index (χ0) is 16.7. The van der Waals surface area contributed by atoms with Crippen molar-refractivity contribution >= 4 is 21.6 Å². The van der Waals surface area contributed by atoms with E-state index in [1.165, 1.54) is 12.8 Å². The normalized spacial score (nSPS) is 23.0. The molecule has 2 fully saturated rings. The summed E-state index contributed by atoms with van der Waals surface area (Å²) >= 11 is 1.54. The Hall–Kier alpha value is -1.42. The number of thioether (sulfide) groups is 1. The van der Waals surface area contributed by atoms with Crippen molar-refractivity contribution in [1.82, 2.24) is 29.5 Å². The van der Waals surface area contributed by atoms with E-state index in [1.807, 2.05) is 16.3 Å². The zero-order valence-electron chi connectivity index (χ0n) is 13.5. The molecule has 0 amide bonds. The van der Waals surface area contributed by atoms with Crippen molar-refractivity contribution < 1.29 is 8.42 Å². The van der Waals surface area contributed by atoms with Crippen LogP contribution in [0.4, 0.5) is 0 Å². The Kier molecular flexibility index (Phi) is 4.11. The summed E-state index contributed by atoms with van der Waals surface area (Å²) in [6, 6.07) is -0.0921. The molecule has 0 spiro atoms. The van der Waals surface area contributed by atoms with Crippen LogP contribution in [0.2, 0.25) is 0 Å². The third-order valence-electron chi connectivity index (χ3n) is 4.47. The Labute approximate surface area is 145 Å². The Morgan fingerprint density at radius 1 is 1.33 bits per heavy atom. The molecule has 0 N–H and O–H groups in total.